The molecule has 0 saturated carbocycles. The van der Waals surface area contributed by atoms with Crippen LogP contribution in [0.3, 0.4) is 0 Å². The highest BCUT2D eigenvalue weighted by molar-refractivity contribution is 8.76. The van der Waals surface area contributed by atoms with Crippen LogP contribution in [0.2, 0.25) is 0 Å². The van der Waals surface area contributed by atoms with E-state index in [1.807, 2.05) is 32.6 Å². The smallest absolute Gasteiger partial charge is 0.233 e. The molecule has 1 saturated heterocycles. The summed E-state index contributed by atoms with van der Waals surface area (Å²) in [5.41, 5.74) is 0. The number of amides is 1. The minimum Gasteiger partial charge on any atom is -0.377 e. The van der Waals surface area contributed by atoms with Gasteiger partial charge >= 0.3 is 0 Å². The van der Waals surface area contributed by atoms with Crippen LogP contribution in [-0.4, -0.2) is 59.8 Å². The maximum Gasteiger partial charge on any atom is 0.233 e. The lowest BCUT2D eigenvalue weighted by Gasteiger charge is -2.25. The minimum absolute atomic E-state index is 0.132. The number of ether oxygens (including phenoxy) is 2. The van der Waals surface area contributed by atoms with Gasteiger partial charge < -0.3 is 14.4 Å². The highest BCUT2D eigenvalue weighted by Crippen LogP contribution is 2.27. The van der Waals surface area contributed by atoms with Crippen molar-refractivity contribution in [2.45, 2.75) is 72.3 Å². The third-order valence-electron chi connectivity index (χ3n) is 3.45. The van der Waals surface area contributed by atoms with E-state index in [1.54, 1.807) is 21.6 Å². The first-order valence-electron chi connectivity index (χ1n) is 8.60. The fraction of sp³-hybridized carbons (Fsp3) is 0.941. The second-order valence-electron chi connectivity index (χ2n) is 7.07. The molecule has 1 aliphatic heterocycles. The molecule has 1 fully saturated rings. The van der Waals surface area contributed by atoms with Crippen molar-refractivity contribution in [2.75, 3.05) is 24.7 Å². The number of carbonyl (C=O) groups excluding carboxylic acids is 1. The third kappa shape index (κ3) is 8.66. The van der Waals surface area contributed by atoms with Crippen molar-refractivity contribution in [3.63, 3.8) is 0 Å². The summed E-state index contributed by atoms with van der Waals surface area (Å²) in [4.78, 5) is 14.5. The summed E-state index contributed by atoms with van der Waals surface area (Å²) in [6.45, 7) is 13.8. The molecule has 4 nitrogen and oxygen atoms in total. The topological polar surface area (TPSA) is 38.8 Å². The number of carbonyl (C=O) groups is 1. The van der Waals surface area contributed by atoms with Crippen LogP contribution in [0.4, 0.5) is 0 Å². The standard InChI is InChI=1S/C17H33NO3S2/c1-12(2)10-22-23-11-17(19)18-8-16(21-14(5)6)7-15(18)9-20-13(3)4/h12-16H,7-11H2,1-6H3/t15-,16+/m0/s1. The van der Waals surface area contributed by atoms with E-state index in [2.05, 4.69) is 13.8 Å². The zero-order valence-corrected chi connectivity index (χ0v) is 17.0. The Balaban J connectivity index is 2.50. The van der Waals surface area contributed by atoms with Gasteiger partial charge in [-0.3, -0.25) is 4.79 Å². The van der Waals surface area contributed by atoms with Gasteiger partial charge in [0.2, 0.25) is 5.91 Å². The summed E-state index contributed by atoms with van der Waals surface area (Å²) in [6.07, 6.45) is 1.39. The van der Waals surface area contributed by atoms with Gasteiger partial charge in [0, 0.05) is 12.3 Å². The molecular weight excluding hydrogens is 330 g/mol. The molecule has 1 aliphatic rings. The van der Waals surface area contributed by atoms with Gasteiger partial charge in [-0.2, -0.15) is 0 Å². The van der Waals surface area contributed by atoms with Crippen LogP contribution in [0.5, 0.6) is 0 Å². The zero-order valence-electron chi connectivity index (χ0n) is 15.4. The second kappa shape index (κ2) is 10.9. The van der Waals surface area contributed by atoms with Crippen LogP contribution < -0.4 is 0 Å². The molecule has 6 heteroatoms. The van der Waals surface area contributed by atoms with Gasteiger partial charge in [-0.15, -0.1) is 0 Å². The second-order valence-corrected chi connectivity index (χ2v) is 9.57. The molecule has 0 N–H and O–H groups in total. The molecule has 1 rings (SSSR count). The minimum atomic E-state index is 0.132. The van der Waals surface area contributed by atoms with Crippen LogP contribution in [0.1, 0.15) is 48.0 Å². The highest BCUT2D eigenvalue weighted by atomic mass is 33.1. The third-order valence-corrected chi connectivity index (χ3v) is 6.05. The van der Waals surface area contributed by atoms with Crippen molar-refractivity contribution in [3.8, 4) is 0 Å². The monoisotopic (exact) mass is 363 g/mol. The van der Waals surface area contributed by atoms with Crippen LogP contribution in [-0.2, 0) is 14.3 Å². The first kappa shape index (κ1) is 21.1. The van der Waals surface area contributed by atoms with Crippen LogP contribution in [0.15, 0.2) is 0 Å². The van der Waals surface area contributed by atoms with Gasteiger partial charge in [-0.05, 0) is 40.0 Å². The van der Waals surface area contributed by atoms with Gasteiger partial charge in [0.1, 0.15) is 0 Å². The fourth-order valence-corrected chi connectivity index (χ4v) is 4.86. The first-order chi connectivity index (χ1) is 10.8. The first-order valence-corrected chi connectivity index (χ1v) is 11.1. The van der Waals surface area contributed by atoms with E-state index in [0.717, 1.165) is 12.2 Å². The highest BCUT2D eigenvalue weighted by Gasteiger charge is 2.36. The molecule has 0 aromatic heterocycles. The normalized spacial score (nSPS) is 21.9. The molecule has 1 heterocycles. The Morgan fingerprint density at radius 3 is 2.39 bits per heavy atom. The Morgan fingerprint density at radius 2 is 1.83 bits per heavy atom. The van der Waals surface area contributed by atoms with Crippen molar-refractivity contribution >= 4 is 27.5 Å². The maximum atomic E-state index is 12.6. The quantitative estimate of drug-likeness (QED) is 0.435. The van der Waals surface area contributed by atoms with E-state index >= 15 is 0 Å². The number of hydrogen-bond donors (Lipinski definition) is 0. The predicted octanol–water partition coefficient (Wildman–Crippen LogP) is 3.84. The molecule has 0 unspecified atom stereocenters. The van der Waals surface area contributed by atoms with E-state index in [9.17, 15) is 4.79 Å². The lowest BCUT2D eigenvalue weighted by atomic mass is 10.2. The van der Waals surface area contributed by atoms with Crippen LogP contribution in [0, 0.1) is 5.92 Å². The van der Waals surface area contributed by atoms with Crippen molar-refractivity contribution in [1.82, 2.24) is 4.90 Å². The number of likely N-dealkylation sites (tertiary alicyclic amines) is 1. The summed E-state index contributed by atoms with van der Waals surface area (Å²) in [5, 5.41) is 0. The van der Waals surface area contributed by atoms with E-state index in [0.29, 0.717) is 24.8 Å². The molecule has 136 valence electrons. The van der Waals surface area contributed by atoms with Crippen molar-refractivity contribution in [2.24, 2.45) is 5.92 Å². The summed E-state index contributed by atoms with van der Waals surface area (Å²) in [6, 6.07) is 0.143. The molecule has 1 amide bonds. The summed E-state index contributed by atoms with van der Waals surface area (Å²) in [7, 11) is 3.45. The summed E-state index contributed by atoms with van der Waals surface area (Å²) < 4.78 is 11.7. The molecular formula is C17H33NO3S2. The Labute approximate surface area is 149 Å². The lowest BCUT2D eigenvalue weighted by Crippen LogP contribution is -2.40. The van der Waals surface area contributed by atoms with Gasteiger partial charge in [0.15, 0.2) is 0 Å². The maximum absolute atomic E-state index is 12.6. The summed E-state index contributed by atoms with van der Waals surface area (Å²) in [5.74, 6) is 2.48. The molecule has 2 atom stereocenters. The van der Waals surface area contributed by atoms with E-state index in [1.165, 1.54) is 0 Å². The van der Waals surface area contributed by atoms with E-state index in [-0.39, 0.29) is 30.3 Å². The SMILES string of the molecule is CC(C)CSSCC(=O)N1C[C@H](OC(C)C)C[C@H]1COC(C)C. The average Bonchev–Trinajstić information content (AvgIpc) is 2.83. The molecule has 0 aromatic carbocycles. The van der Waals surface area contributed by atoms with Gasteiger partial charge in [-0.1, -0.05) is 35.4 Å². The zero-order chi connectivity index (χ0) is 17.4. The Hall–Kier alpha value is 0.0900. The van der Waals surface area contributed by atoms with E-state index in [4.69, 9.17) is 9.47 Å². The van der Waals surface area contributed by atoms with Crippen LogP contribution in [0.25, 0.3) is 0 Å². The number of nitrogens with zero attached hydrogens (tertiary/aromatic N) is 1. The lowest BCUT2D eigenvalue weighted by molar-refractivity contribution is -0.131. The molecule has 0 aliphatic carbocycles. The average molecular weight is 364 g/mol. The molecule has 0 radical (unpaired) electrons. The molecule has 23 heavy (non-hydrogen) atoms. The largest absolute Gasteiger partial charge is 0.377 e. The summed E-state index contributed by atoms with van der Waals surface area (Å²) >= 11 is 0. The van der Waals surface area contributed by atoms with Gasteiger partial charge in [0.25, 0.3) is 0 Å². The molecule has 0 bridgehead atoms. The van der Waals surface area contributed by atoms with Gasteiger partial charge in [0.05, 0.1) is 36.7 Å². The predicted molar refractivity (Wildman–Crippen MR) is 101 cm³/mol. The Morgan fingerprint density at radius 1 is 1.13 bits per heavy atom. The van der Waals surface area contributed by atoms with Crippen molar-refractivity contribution in [3.05, 3.63) is 0 Å². The van der Waals surface area contributed by atoms with Gasteiger partial charge in [-0.25, -0.2) is 0 Å². The van der Waals surface area contributed by atoms with E-state index < -0.39 is 0 Å². The number of rotatable bonds is 10. The molecule has 0 aromatic rings. The Kier molecular flexibility index (Phi) is 9.97. The van der Waals surface area contributed by atoms with Crippen molar-refractivity contribution < 1.29 is 14.3 Å². The number of hydrogen-bond acceptors (Lipinski definition) is 5. The molecule has 0 spiro atoms. The van der Waals surface area contributed by atoms with Crippen molar-refractivity contribution in [1.29, 1.82) is 0 Å². The van der Waals surface area contributed by atoms with Crippen LogP contribution >= 0.6 is 21.6 Å². The Bertz CT molecular complexity index is 351. The fourth-order valence-electron chi connectivity index (χ4n) is 2.48.